The van der Waals surface area contributed by atoms with Gasteiger partial charge in [0.05, 0.1) is 23.7 Å². The number of nitrogens with one attached hydrogen (secondary N) is 1. The Hall–Kier alpha value is -3.69. The van der Waals surface area contributed by atoms with Crippen molar-refractivity contribution in [2.75, 3.05) is 26.4 Å². The standard InChI is InChI=1S/C26H34F2N6O6S/c1-19(2)24(26(35)31-36)34(41(37,38)22-10-8-21(9-11-22)39-17-12-27)15-14-33-18-20(30-32-33)6-3-4-16-40-23-7-5-13-29-25(23)28/h5,7-11,13,18-19,24,36H,3-4,6,12,14-17H2,1-2H3,(H,31,35)/t24-/m1/s1. The van der Waals surface area contributed by atoms with Gasteiger partial charge in [-0.1, -0.05) is 19.1 Å². The Morgan fingerprint density at radius 1 is 1.15 bits per heavy atom. The number of halogens is 2. The van der Waals surface area contributed by atoms with E-state index < -0.39 is 40.5 Å². The normalized spacial score (nSPS) is 12.5. The van der Waals surface area contributed by atoms with Crippen LogP contribution in [0.5, 0.6) is 11.5 Å². The Bertz CT molecular complexity index is 1360. The number of carbonyl (C=O) groups is 1. The zero-order valence-electron chi connectivity index (χ0n) is 22.8. The molecule has 12 nitrogen and oxygen atoms in total. The van der Waals surface area contributed by atoms with Crippen LogP contribution in [-0.4, -0.2) is 76.3 Å². The molecule has 224 valence electrons. The van der Waals surface area contributed by atoms with Crippen LogP contribution in [0.4, 0.5) is 8.78 Å². The van der Waals surface area contributed by atoms with Gasteiger partial charge in [-0.25, -0.2) is 23.3 Å². The number of aromatic nitrogens is 4. The fourth-order valence-corrected chi connectivity index (χ4v) is 5.78. The van der Waals surface area contributed by atoms with E-state index in [9.17, 15) is 27.2 Å². The van der Waals surface area contributed by atoms with E-state index in [-0.39, 0.29) is 30.3 Å². The second-order valence-electron chi connectivity index (χ2n) is 9.36. The van der Waals surface area contributed by atoms with Crippen LogP contribution in [0.1, 0.15) is 32.4 Å². The zero-order valence-corrected chi connectivity index (χ0v) is 23.6. The van der Waals surface area contributed by atoms with Crippen molar-refractivity contribution in [3.05, 3.63) is 60.4 Å². The molecule has 0 aliphatic carbocycles. The Morgan fingerprint density at radius 3 is 2.56 bits per heavy atom. The first-order valence-electron chi connectivity index (χ1n) is 13.0. The zero-order chi connectivity index (χ0) is 29.8. The Morgan fingerprint density at radius 2 is 1.90 bits per heavy atom. The largest absolute Gasteiger partial charge is 0.491 e. The first-order chi connectivity index (χ1) is 19.7. The van der Waals surface area contributed by atoms with Crippen molar-refractivity contribution in [3.63, 3.8) is 0 Å². The molecular formula is C26H34F2N6O6S. The average Bonchev–Trinajstić information content (AvgIpc) is 3.42. The number of carbonyl (C=O) groups excluding carboxylic acids is 1. The molecule has 0 fully saturated rings. The Balaban J connectivity index is 1.65. The van der Waals surface area contributed by atoms with Gasteiger partial charge in [0.25, 0.3) is 11.9 Å². The number of alkyl halides is 1. The number of rotatable bonds is 17. The van der Waals surface area contributed by atoms with Crippen molar-refractivity contribution in [2.45, 2.75) is 50.6 Å². The van der Waals surface area contributed by atoms with Gasteiger partial charge in [-0.05, 0) is 61.6 Å². The minimum Gasteiger partial charge on any atom is -0.491 e. The fourth-order valence-electron chi connectivity index (χ4n) is 4.07. The first kappa shape index (κ1) is 31.8. The molecule has 41 heavy (non-hydrogen) atoms. The van der Waals surface area contributed by atoms with E-state index in [4.69, 9.17) is 9.47 Å². The van der Waals surface area contributed by atoms with Crippen molar-refractivity contribution in [1.82, 2.24) is 29.8 Å². The van der Waals surface area contributed by atoms with Crippen molar-refractivity contribution >= 4 is 15.9 Å². The van der Waals surface area contributed by atoms with Crippen LogP contribution in [0.3, 0.4) is 0 Å². The van der Waals surface area contributed by atoms with E-state index >= 15 is 0 Å². The van der Waals surface area contributed by atoms with E-state index in [1.165, 1.54) is 41.2 Å². The lowest BCUT2D eigenvalue weighted by atomic mass is 10.0. The highest BCUT2D eigenvalue weighted by molar-refractivity contribution is 7.89. The molecule has 1 atom stereocenters. The molecule has 0 spiro atoms. The van der Waals surface area contributed by atoms with E-state index in [2.05, 4.69) is 15.3 Å². The summed E-state index contributed by atoms with van der Waals surface area (Å²) in [6.45, 7) is 2.71. The summed E-state index contributed by atoms with van der Waals surface area (Å²) in [5.74, 6) is -1.64. The molecule has 0 unspecified atom stereocenters. The summed E-state index contributed by atoms with van der Waals surface area (Å²) in [6.07, 6.45) is 4.92. The molecule has 0 radical (unpaired) electrons. The maximum absolute atomic E-state index is 13.7. The average molecular weight is 597 g/mol. The van der Waals surface area contributed by atoms with Crippen LogP contribution in [0.25, 0.3) is 0 Å². The third-order valence-electron chi connectivity index (χ3n) is 6.04. The van der Waals surface area contributed by atoms with Gasteiger partial charge in [-0.3, -0.25) is 14.7 Å². The van der Waals surface area contributed by atoms with Crippen molar-refractivity contribution in [1.29, 1.82) is 0 Å². The molecule has 2 heterocycles. The van der Waals surface area contributed by atoms with Crippen molar-refractivity contribution < 1.29 is 36.7 Å². The van der Waals surface area contributed by atoms with Crippen molar-refractivity contribution in [3.8, 4) is 11.5 Å². The minimum absolute atomic E-state index is 0.0786. The number of unbranched alkanes of at least 4 members (excludes halogenated alkanes) is 1. The molecule has 3 aromatic rings. The van der Waals surface area contributed by atoms with Crippen LogP contribution in [0.15, 0.2) is 53.7 Å². The highest BCUT2D eigenvalue weighted by atomic mass is 32.2. The topological polar surface area (TPSA) is 149 Å². The lowest BCUT2D eigenvalue weighted by Crippen LogP contribution is -2.52. The predicted octanol–water partition coefficient (Wildman–Crippen LogP) is 2.78. The van der Waals surface area contributed by atoms with E-state index in [0.717, 1.165) is 4.31 Å². The van der Waals surface area contributed by atoms with E-state index in [1.54, 1.807) is 31.6 Å². The molecule has 15 heteroatoms. The lowest BCUT2D eigenvalue weighted by molar-refractivity contribution is -0.134. The number of amides is 1. The van der Waals surface area contributed by atoms with Gasteiger partial charge in [0.15, 0.2) is 5.75 Å². The summed E-state index contributed by atoms with van der Waals surface area (Å²) in [7, 11) is -4.22. The number of ether oxygens (including phenoxy) is 2. The molecule has 0 bridgehead atoms. The monoisotopic (exact) mass is 596 g/mol. The molecule has 1 aromatic carbocycles. The minimum atomic E-state index is -4.22. The van der Waals surface area contributed by atoms with Crippen LogP contribution in [-0.2, 0) is 27.8 Å². The van der Waals surface area contributed by atoms with E-state index in [0.29, 0.717) is 37.3 Å². The highest BCUT2D eigenvalue weighted by Crippen LogP contribution is 2.24. The second-order valence-corrected chi connectivity index (χ2v) is 11.3. The van der Waals surface area contributed by atoms with Gasteiger partial charge in [-0.2, -0.15) is 8.70 Å². The SMILES string of the molecule is CC(C)[C@H](C(=O)NO)N(CCn1cc(CCCCOc2cccnc2F)nn1)S(=O)(=O)c1ccc(OCCF)cc1. The predicted molar refractivity (Wildman–Crippen MR) is 143 cm³/mol. The molecule has 0 aliphatic rings. The molecule has 0 aliphatic heterocycles. The summed E-state index contributed by atoms with van der Waals surface area (Å²) in [6, 6.07) is 7.29. The Labute approximate surface area is 237 Å². The highest BCUT2D eigenvalue weighted by Gasteiger charge is 2.37. The summed E-state index contributed by atoms with van der Waals surface area (Å²) < 4.78 is 66.3. The number of sulfonamides is 1. The Kier molecular flexibility index (Phi) is 11.9. The number of hydrogen-bond acceptors (Lipinski definition) is 9. The van der Waals surface area contributed by atoms with Gasteiger partial charge in [0.1, 0.15) is 25.1 Å². The second kappa shape index (κ2) is 15.3. The molecule has 3 rings (SSSR count). The number of pyridine rings is 1. The number of nitrogens with zero attached hydrogens (tertiary/aromatic N) is 5. The fraction of sp³-hybridized carbons (Fsp3) is 0.462. The molecular weight excluding hydrogens is 562 g/mol. The number of hydrogen-bond donors (Lipinski definition) is 2. The molecule has 2 N–H and O–H groups in total. The third kappa shape index (κ3) is 8.90. The molecule has 2 aromatic heterocycles. The van der Waals surface area contributed by atoms with Crippen molar-refractivity contribution in [2.24, 2.45) is 5.92 Å². The summed E-state index contributed by atoms with van der Waals surface area (Å²) >= 11 is 0. The summed E-state index contributed by atoms with van der Waals surface area (Å²) in [4.78, 5) is 16.0. The van der Waals surface area contributed by atoms with Gasteiger partial charge < -0.3 is 9.47 Å². The quantitative estimate of drug-likeness (QED) is 0.104. The van der Waals surface area contributed by atoms with Gasteiger partial charge in [-0.15, -0.1) is 5.10 Å². The van der Waals surface area contributed by atoms with Crippen LogP contribution in [0, 0.1) is 11.9 Å². The van der Waals surface area contributed by atoms with Gasteiger partial charge >= 0.3 is 0 Å². The van der Waals surface area contributed by atoms with Gasteiger partial charge in [0.2, 0.25) is 10.0 Å². The number of hydroxylamine groups is 1. The summed E-state index contributed by atoms with van der Waals surface area (Å²) in [5, 5.41) is 17.5. The maximum Gasteiger partial charge on any atom is 0.262 e. The molecule has 1 amide bonds. The van der Waals surface area contributed by atoms with Crippen LogP contribution >= 0.6 is 0 Å². The van der Waals surface area contributed by atoms with Crippen LogP contribution < -0.4 is 15.0 Å². The molecule has 0 saturated carbocycles. The maximum atomic E-state index is 13.7. The smallest absolute Gasteiger partial charge is 0.262 e. The number of benzene rings is 1. The van der Waals surface area contributed by atoms with Gasteiger partial charge in [0, 0.05) is 18.9 Å². The van der Waals surface area contributed by atoms with Crippen LogP contribution in [0.2, 0.25) is 0 Å². The summed E-state index contributed by atoms with van der Waals surface area (Å²) in [5.41, 5.74) is 2.23. The third-order valence-corrected chi connectivity index (χ3v) is 7.94. The number of aryl methyl sites for hydroxylation is 1. The first-order valence-corrected chi connectivity index (χ1v) is 14.5. The molecule has 0 saturated heterocycles. The lowest BCUT2D eigenvalue weighted by Gasteiger charge is -2.31. The van der Waals surface area contributed by atoms with E-state index in [1.807, 2.05) is 0 Å².